The van der Waals surface area contributed by atoms with E-state index in [-0.39, 0.29) is 24.2 Å². The number of aromatic nitrogens is 1. The molecule has 0 aliphatic carbocycles. The summed E-state index contributed by atoms with van der Waals surface area (Å²) in [6.45, 7) is 3.80. The molecule has 1 aromatic carbocycles. The van der Waals surface area contributed by atoms with Gasteiger partial charge in [-0.2, -0.15) is 0 Å². The fourth-order valence-corrected chi connectivity index (χ4v) is 3.78. The van der Waals surface area contributed by atoms with Crippen molar-refractivity contribution in [1.82, 2.24) is 14.8 Å². The molecule has 0 spiro atoms. The van der Waals surface area contributed by atoms with E-state index < -0.39 is 0 Å². The zero-order chi connectivity index (χ0) is 20.9. The standard InChI is InChI=1S/C24H25N3O3/c1-18-6-8-19(9-7-18)14-26-16-21(12-23(26)28)24(29)27(17-22-5-3-11-30-22)15-20-4-2-10-25-13-20/h2-11,13,21H,12,14-17H2,1H3. The molecule has 2 amide bonds. The zero-order valence-corrected chi connectivity index (χ0v) is 17.0. The number of furan rings is 1. The summed E-state index contributed by atoms with van der Waals surface area (Å²) in [4.78, 5) is 33.6. The summed E-state index contributed by atoms with van der Waals surface area (Å²) in [6, 6.07) is 15.6. The Kier molecular flexibility index (Phi) is 5.93. The molecule has 1 aliphatic rings. The second-order valence-corrected chi connectivity index (χ2v) is 7.80. The first-order valence-electron chi connectivity index (χ1n) is 10.1. The van der Waals surface area contributed by atoms with E-state index >= 15 is 0 Å². The highest BCUT2D eigenvalue weighted by Gasteiger charge is 2.36. The molecule has 6 heteroatoms. The molecule has 154 valence electrons. The predicted octanol–water partition coefficient (Wildman–Crippen LogP) is 3.56. The number of carbonyl (C=O) groups excluding carboxylic acids is 2. The topological polar surface area (TPSA) is 66.7 Å². The van der Waals surface area contributed by atoms with Crippen molar-refractivity contribution >= 4 is 11.8 Å². The van der Waals surface area contributed by atoms with Gasteiger partial charge in [-0.15, -0.1) is 0 Å². The van der Waals surface area contributed by atoms with Crippen LogP contribution in [0, 0.1) is 12.8 Å². The Labute approximate surface area is 176 Å². The molecule has 0 saturated carbocycles. The quantitative estimate of drug-likeness (QED) is 0.605. The smallest absolute Gasteiger partial charge is 0.228 e. The van der Waals surface area contributed by atoms with Crippen LogP contribution in [0.1, 0.15) is 28.9 Å². The third kappa shape index (κ3) is 4.76. The highest BCUT2D eigenvalue weighted by Crippen LogP contribution is 2.24. The van der Waals surface area contributed by atoms with Crippen LogP contribution in [0.15, 0.2) is 71.6 Å². The fraction of sp³-hybridized carbons (Fsp3) is 0.292. The average Bonchev–Trinajstić information content (AvgIpc) is 3.39. The third-order valence-corrected chi connectivity index (χ3v) is 5.39. The Morgan fingerprint density at radius 2 is 1.97 bits per heavy atom. The molecule has 0 N–H and O–H groups in total. The number of pyridine rings is 1. The van der Waals surface area contributed by atoms with E-state index in [2.05, 4.69) is 4.98 Å². The van der Waals surface area contributed by atoms with Gasteiger partial charge < -0.3 is 14.2 Å². The van der Waals surface area contributed by atoms with Gasteiger partial charge in [-0.3, -0.25) is 14.6 Å². The van der Waals surface area contributed by atoms with Gasteiger partial charge in [0.15, 0.2) is 0 Å². The van der Waals surface area contributed by atoms with Crippen molar-refractivity contribution in [2.75, 3.05) is 6.54 Å². The van der Waals surface area contributed by atoms with Crippen LogP contribution < -0.4 is 0 Å². The van der Waals surface area contributed by atoms with Gasteiger partial charge in [0.2, 0.25) is 11.8 Å². The summed E-state index contributed by atoms with van der Waals surface area (Å²) in [7, 11) is 0. The first-order chi connectivity index (χ1) is 14.6. The van der Waals surface area contributed by atoms with Crippen LogP contribution in [0.2, 0.25) is 0 Å². The molecule has 1 fully saturated rings. The van der Waals surface area contributed by atoms with Crippen molar-refractivity contribution in [2.24, 2.45) is 5.92 Å². The lowest BCUT2D eigenvalue weighted by atomic mass is 10.1. The Hall–Kier alpha value is -3.41. The van der Waals surface area contributed by atoms with E-state index in [1.54, 1.807) is 28.5 Å². The van der Waals surface area contributed by atoms with Gasteiger partial charge in [-0.1, -0.05) is 35.9 Å². The molecule has 30 heavy (non-hydrogen) atoms. The minimum atomic E-state index is -0.352. The number of hydrogen-bond donors (Lipinski definition) is 0. The van der Waals surface area contributed by atoms with Crippen LogP contribution >= 0.6 is 0 Å². The maximum Gasteiger partial charge on any atom is 0.228 e. The number of likely N-dealkylation sites (tertiary alicyclic amines) is 1. The van der Waals surface area contributed by atoms with E-state index in [1.165, 1.54) is 5.56 Å². The van der Waals surface area contributed by atoms with Gasteiger partial charge in [0.05, 0.1) is 18.7 Å². The maximum atomic E-state index is 13.3. The highest BCUT2D eigenvalue weighted by atomic mass is 16.3. The first-order valence-corrected chi connectivity index (χ1v) is 10.1. The molecule has 6 nitrogen and oxygen atoms in total. The summed E-state index contributed by atoms with van der Waals surface area (Å²) >= 11 is 0. The van der Waals surface area contributed by atoms with Crippen molar-refractivity contribution in [1.29, 1.82) is 0 Å². The van der Waals surface area contributed by atoms with Gasteiger partial charge in [0.25, 0.3) is 0 Å². The normalized spacial score (nSPS) is 16.1. The monoisotopic (exact) mass is 403 g/mol. The molecule has 2 aromatic heterocycles. The molecular formula is C24H25N3O3. The van der Waals surface area contributed by atoms with Crippen LogP contribution in [0.5, 0.6) is 0 Å². The predicted molar refractivity (Wildman–Crippen MR) is 112 cm³/mol. The molecule has 0 radical (unpaired) electrons. The molecule has 3 heterocycles. The molecule has 1 aliphatic heterocycles. The number of nitrogens with zero attached hydrogens (tertiary/aromatic N) is 3. The number of rotatable bonds is 7. The minimum Gasteiger partial charge on any atom is -0.467 e. The van der Waals surface area contributed by atoms with Crippen LogP contribution in [0.25, 0.3) is 0 Å². The molecular weight excluding hydrogens is 378 g/mol. The van der Waals surface area contributed by atoms with Crippen LogP contribution in [0.4, 0.5) is 0 Å². The molecule has 4 rings (SSSR count). The number of benzene rings is 1. The van der Waals surface area contributed by atoms with Gasteiger partial charge in [-0.05, 0) is 36.2 Å². The number of carbonyl (C=O) groups is 2. The second kappa shape index (κ2) is 8.95. The third-order valence-electron chi connectivity index (χ3n) is 5.39. The van der Waals surface area contributed by atoms with E-state index in [9.17, 15) is 9.59 Å². The summed E-state index contributed by atoms with van der Waals surface area (Å²) < 4.78 is 5.46. The van der Waals surface area contributed by atoms with E-state index in [1.807, 2.05) is 55.5 Å². The maximum absolute atomic E-state index is 13.3. The number of amides is 2. The Morgan fingerprint density at radius 3 is 2.67 bits per heavy atom. The first kappa shape index (κ1) is 19.9. The molecule has 1 saturated heterocycles. The van der Waals surface area contributed by atoms with Crippen LogP contribution in [-0.2, 0) is 29.2 Å². The summed E-state index contributed by atoms with van der Waals surface area (Å²) in [5, 5.41) is 0. The van der Waals surface area contributed by atoms with Gasteiger partial charge in [0.1, 0.15) is 5.76 Å². The van der Waals surface area contributed by atoms with Crippen molar-refractivity contribution in [2.45, 2.75) is 33.0 Å². The Balaban J connectivity index is 1.46. The summed E-state index contributed by atoms with van der Waals surface area (Å²) in [5.41, 5.74) is 3.20. The van der Waals surface area contributed by atoms with E-state index in [0.717, 1.165) is 11.1 Å². The lowest BCUT2D eigenvalue weighted by Gasteiger charge is -2.25. The Morgan fingerprint density at radius 1 is 1.13 bits per heavy atom. The van der Waals surface area contributed by atoms with E-state index in [0.29, 0.717) is 31.9 Å². The highest BCUT2D eigenvalue weighted by molar-refractivity contribution is 5.89. The minimum absolute atomic E-state index is 0.0215. The van der Waals surface area contributed by atoms with Crippen molar-refractivity contribution < 1.29 is 14.0 Å². The van der Waals surface area contributed by atoms with Gasteiger partial charge >= 0.3 is 0 Å². The van der Waals surface area contributed by atoms with E-state index in [4.69, 9.17) is 4.42 Å². The fourth-order valence-electron chi connectivity index (χ4n) is 3.78. The zero-order valence-electron chi connectivity index (χ0n) is 17.0. The lowest BCUT2D eigenvalue weighted by molar-refractivity contribution is -0.137. The van der Waals surface area contributed by atoms with Crippen LogP contribution in [0.3, 0.4) is 0 Å². The largest absolute Gasteiger partial charge is 0.467 e. The molecule has 1 atom stereocenters. The van der Waals surface area contributed by atoms with Gasteiger partial charge in [0, 0.05) is 38.4 Å². The average molecular weight is 403 g/mol. The lowest BCUT2D eigenvalue weighted by Crippen LogP contribution is -2.36. The van der Waals surface area contributed by atoms with Crippen LogP contribution in [-0.4, -0.2) is 33.1 Å². The number of hydrogen-bond acceptors (Lipinski definition) is 4. The molecule has 1 unspecified atom stereocenters. The number of aryl methyl sites for hydroxylation is 1. The second-order valence-electron chi connectivity index (χ2n) is 7.80. The SMILES string of the molecule is Cc1ccc(CN2CC(C(=O)N(Cc3cccnc3)Cc3ccco3)CC2=O)cc1. The summed E-state index contributed by atoms with van der Waals surface area (Å²) in [6.07, 6.45) is 5.31. The van der Waals surface area contributed by atoms with Crippen molar-refractivity contribution in [3.8, 4) is 0 Å². The summed E-state index contributed by atoms with van der Waals surface area (Å²) in [5.74, 6) is 0.353. The molecule has 0 bridgehead atoms. The van der Waals surface area contributed by atoms with Crippen molar-refractivity contribution in [3.05, 3.63) is 89.6 Å². The Bertz CT molecular complexity index is 984. The molecule has 3 aromatic rings. The van der Waals surface area contributed by atoms with Gasteiger partial charge in [-0.25, -0.2) is 0 Å². The van der Waals surface area contributed by atoms with Crippen molar-refractivity contribution in [3.63, 3.8) is 0 Å².